The lowest BCUT2D eigenvalue weighted by molar-refractivity contribution is -0.114. The van der Waals surface area contributed by atoms with Gasteiger partial charge in [-0.15, -0.1) is 0 Å². The standard InChI is InChI=1S/C18H18Cl2N2O5S/c1-3-27-18(24)13-9-8-12(10-15(13)20)21-17(23)11-22(28(2,25)26)16-7-5-4-6-14(16)19/h4-10H,3,11H2,1-2H3,(H,21,23). The maximum absolute atomic E-state index is 12.4. The number of hydrogen-bond donors (Lipinski definition) is 1. The van der Waals surface area contributed by atoms with Gasteiger partial charge in [-0.3, -0.25) is 9.10 Å². The van der Waals surface area contributed by atoms with Crippen LogP contribution in [-0.2, 0) is 19.6 Å². The second-order valence-corrected chi connectivity index (χ2v) is 8.41. The normalized spacial score (nSPS) is 11.0. The van der Waals surface area contributed by atoms with E-state index in [-0.39, 0.29) is 27.9 Å². The molecular formula is C18H18Cl2N2O5S. The number of benzene rings is 2. The van der Waals surface area contributed by atoms with Crippen LogP contribution in [0.25, 0.3) is 0 Å². The number of amides is 1. The molecule has 0 atom stereocenters. The number of halogens is 2. The SMILES string of the molecule is CCOC(=O)c1ccc(NC(=O)CN(c2ccccc2Cl)S(C)(=O)=O)cc1Cl. The van der Waals surface area contributed by atoms with Gasteiger partial charge in [-0.05, 0) is 37.3 Å². The predicted octanol–water partition coefficient (Wildman–Crippen LogP) is 3.57. The molecule has 0 radical (unpaired) electrons. The highest BCUT2D eigenvalue weighted by molar-refractivity contribution is 7.92. The number of ether oxygens (including phenoxy) is 1. The maximum Gasteiger partial charge on any atom is 0.339 e. The number of esters is 1. The molecule has 2 rings (SSSR count). The van der Waals surface area contributed by atoms with Crippen molar-refractivity contribution >= 4 is 56.5 Å². The fraction of sp³-hybridized carbons (Fsp3) is 0.222. The topological polar surface area (TPSA) is 92.8 Å². The lowest BCUT2D eigenvalue weighted by Gasteiger charge is -2.22. The third kappa shape index (κ3) is 5.60. The fourth-order valence-corrected chi connectivity index (χ4v) is 3.75. The Balaban J connectivity index is 2.19. The summed E-state index contributed by atoms with van der Waals surface area (Å²) in [5, 5.41) is 2.84. The van der Waals surface area contributed by atoms with Crippen molar-refractivity contribution in [3.8, 4) is 0 Å². The lowest BCUT2D eigenvalue weighted by Crippen LogP contribution is -2.37. The number of hydrogen-bond acceptors (Lipinski definition) is 5. The van der Waals surface area contributed by atoms with E-state index in [1.807, 2.05) is 0 Å². The molecule has 0 saturated carbocycles. The number of sulfonamides is 1. The molecule has 0 spiro atoms. The van der Waals surface area contributed by atoms with Crippen LogP contribution in [0.5, 0.6) is 0 Å². The molecule has 0 heterocycles. The molecule has 0 saturated heterocycles. The van der Waals surface area contributed by atoms with Crippen LogP contribution in [0.15, 0.2) is 42.5 Å². The van der Waals surface area contributed by atoms with Crippen molar-refractivity contribution in [2.45, 2.75) is 6.92 Å². The van der Waals surface area contributed by atoms with Gasteiger partial charge in [0, 0.05) is 5.69 Å². The van der Waals surface area contributed by atoms with Crippen LogP contribution in [0, 0.1) is 0 Å². The van der Waals surface area contributed by atoms with Crippen molar-refractivity contribution in [3.63, 3.8) is 0 Å². The Morgan fingerprint density at radius 3 is 2.36 bits per heavy atom. The predicted molar refractivity (Wildman–Crippen MR) is 110 cm³/mol. The summed E-state index contributed by atoms with van der Waals surface area (Å²) in [6.45, 7) is 1.39. The van der Waals surface area contributed by atoms with Crippen molar-refractivity contribution in [3.05, 3.63) is 58.1 Å². The molecule has 0 bridgehead atoms. The Morgan fingerprint density at radius 2 is 1.79 bits per heavy atom. The van der Waals surface area contributed by atoms with Gasteiger partial charge in [0.1, 0.15) is 6.54 Å². The Kier molecular flexibility index (Phi) is 7.29. The number of rotatable bonds is 7. The third-order valence-electron chi connectivity index (χ3n) is 3.56. The molecule has 0 aliphatic heterocycles. The first-order valence-corrected chi connectivity index (χ1v) is 10.7. The van der Waals surface area contributed by atoms with Crippen LogP contribution in [0.2, 0.25) is 10.0 Å². The van der Waals surface area contributed by atoms with E-state index >= 15 is 0 Å². The molecule has 0 aliphatic rings. The number of para-hydroxylation sites is 1. The van der Waals surface area contributed by atoms with Crippen LogP contribution in [0.4, 0.5) is 11.4 Å². The molecule has 10 heteroatoms. The quantitative estimate of drug-likeness (QED) is 0.658. The highest BCUT2D eigenvalue weighted by Gasteiger charge is 2.23. The van der Waals surface area contributed by atoms with Gasteiger partial charge >= 0.3 is 5.97 Å². The van der Waals surface area contributed by atoms with Gasteiger partial charge in [0.25, 0.3) is 0 Å². The summed E-state index contributed by atoms with van der Waals surface area (Å²) >= 11 is 12.1. The molecule has 28 heavy (non-hydrogen) atoms. The summed E-state index contributed by atoms with van der Waals surface area (Å²) in [5.41, 5.74) is 0.656. The summed E-state index contributed by atoms with van der Waals surface area (Å²) in [6, 6.07) is 10.6. The van der Waals surface area contributed by atoms with Crippen LogP contribution < -0.4 is 9.62 Å². The minimum absolute atomic E-state index is 0.0994. The van der Waals surface area contributed by atoms with E-state index in [4.69, 9.17) is 27.9 Å². The molecular weight excluding hydrogens is 427 g/mol. The molecule has 0 aliphatic carbocycles. The molecule has 0 aromatic heterocycles. The smallest absolute Gasteiger partial charge is 0.339 e. The summed E-state index contributed by atoms with van der Waals surface area (Å²) in [7, 11) is -3.76. The summed E-state index contributed by atoms with van der Waals surface area (Å²) in [6.07, 6.45) is 0.981. The van der Waals surface area contributed by atoms with E-state index in [0.29, 0.717) is 5.69 Å². The monoisotopic (exact) mass is 444 g/mol. The van der Waals surface area contributed by atoms with E-state index in [1.54, 1.807) is 19.1 Å². The van der Waals surface area contributed by atoms with Crippen molar-refractivity contribution in [1.29, 1.82) is 0 Å². The van der Waals surface area contributed by atoms with E-state index in [2.05, 4.69) is 5.32 Å². The second-order valence-electron chi connectivity index (χ2n) is 5.68. The fourth-order valence-electron chi connectivity index (χ4n) is 2.33. The summed E-state index contributed by atoms with van der Waals surface area (Å²) in [5.74, 6) is -1.18. The van der Waals surface area contributed by atoms with E-state index < -0.39 is 28.4 Å². The maximum atomic E-state index is 12.4. The molecule has 1 N–H and O–H groups in total. The van der Waals surface area contributed by atoms with E-state index in [1.165, 1.54) is 30.3 Å². The molecule has 0 unspecified atom stereocenters. The second kappa shape index (κ2) is 9.27. The molecule has 2 aromatic rings. The summed E-state index contributed by atoms with van der Waals surface area (Å²) in [4.78, 5) is 24.2. The van der Waals surface area contributed by atoms with Gasteiger partial charge in [-0.2, -0.15) is 0 Å². The number of nitrogens with one attached hydrogen (secondary N) is 1. The molecule has 1 amide bonds. The number of carbonyl (C=O) groups excluding carboxylic acids is 2. The highest BCUT2D eigenvalue weighted by Crippen LogP contribution is 2.27. The largest absolute Gasteiger partial charge is 0.462 e. The third-order valence-corrected chi connectivity index (χ3v) is 5.32. The van der Waals surface area contributed by atoms with Gasteiger partial charge in [-0.25, -0.2) is 13.2 Å². The zero-order valence-electron chi connectivity index (χ0n) is 15.1. The first-order chi connectivity index (χ1) is 13.1. The minimum Gasteiger partial charge on any atom is -0.462 e. The zero-order valence-corrected chi connectivity index (χ0v) is 17.4. The first-order valence-electron chi connectivity index (χ1n) is 8.12. The van der Waals surface area contributed by atoms with Gasteiger partial charge < -0.3 is 10.1 Å². The zero-order chi connectivity index (χ0) is 20.9. The van der Waals surface area contributed by atoms with Gasteiger partial charge in [0.15, 0.2) is 0 Å². The Hall–Kier alpha value is -2.29. The van der Waals surface area contributed by atoms with Crippen LogP contribution in [0.3, 0.4) is 0 Å². The molecule has 7 nitrogen and oxygen atoms in total. The Bertz CT molecular complexity index is 995. The number of nitrogens with zero attached hydrogens (tertiary/aromatic N) is 1. The van der Waals surface area contributed by atoms with Gasteiger partial charge in [0.05, 0.1) is 34.2 Å². The van der Waals surface area contributed by atoms with Crippen molar-refractivity contribution in [2.75, 3.05) is 29.0 Å². The Morgan fingerprint density at radius 1 is 1.11 bits per heavy atom. The average molecular weight is 445 g/mol. The Labute approximate surface area is 173 Å². The van der Waals surface area contributed by atoms with E-state index in [9.17, 15) is 18.0 Å². The lowest BCUT2D eigenvalue weighted by atomic mass is 10.2. The van der Waals surface area contributed by atoms with Gasteiger partial charge in [0.2, 0.25) is 15.9 Å². The van der Waals surface area contributed by atoms with Crippen LogP contribution >= 0.6 is 23.2 Å². The highest BCUT2D eigenvalue weighted by atomic mass is 35.5. The number of anilines is 2. The summed E-state index contributed by atoms with van der Waals surface area (Å²) < 4.78 is 30.0. The molecule has 2 aromatic carbocycles. The van der Waals surface area contributed by atoms with Crippen molar-refractivity contribution in [1.82, 2.24) is 0 Å². The van der Waals surface area contributed by atoms with Crippen molar-refractivity contribution < 1.29 is 22.7 Å². The number of carbonyl (C=O) groups is 2. The van der Waals surface area contributed by atoms with Gasteiger partial charge in [-0.1, -0.05) is 35.3 Å². The van der Waals surface area contributed by atoms with E-state index in [0.717, 1.165) is 10.6 Å². The molecule has 0 fully saturated rings. The van der Waals surface area contributed by atoms with Crippen LogP contribution in [0.1, 0.15) is 17.3 Å². The van der Waals surface area contributed by atoms with Crippen LogP contribution in [-0.4, -0.2) is 39.7 Å². The molecule has 150 valence electrons. The first kappa shape index (κ1) is 22.0. The van der Waals surface area contributed by atoms with Crippen molar-refractivity contribution in [2.24, 2.45) is 0 Å². The minimum atomic E-state index is -3.76. The average Bonchev–Trinajstić information content (AvgIpc) is 2.60.